The summed E-state index contributed by atoms with van der Waals surface area (Å²) < 4.78 is 0. The van der Waals surface area contributed by atoms with E-state index in [1.807, 2.05) is 0 Å². The molecule has 104 valence electrons. The molecule has 1 rings (SSSR count). The fourth-order valence-electron chi connectivity index (χ4n) is 2.25. The molecule has 0 radical (unpaired) electrons. The molecule has 1 N–H and O–H groups in total. The molecule has 0 spiro atoms. The maximum absolute atomic E-state index is 12.0. The summed E-state index contributed by atoms with van der Waals surface area (Å²) in [4.78, 5) is 26.9. The van der Waals surface area contributed by atoms with E-state index in [2.05, 4.69) is 11.9 Å². The molecule has 1 saturated heterocycles. The molecule has 0 saturated carbocycles. The standard InChI is InChI=1S/C13H24N2O3/c1-13(2,12(17)18)7-11(16)15(4)9-10-5-6-14(3)8-10/h10H,5-9H2,1-4H3,(H,17,18). The summed E-state index contributed by atoms with van der Waals surface area (Å²) in [5, 5.41) is 9.01. The number of nitrogens with zero attached hydrogens (tertiary/aromatic N) is 2. The lowest BCUT2D eigenvalue weighted by molar-refractivity contribution is -0.151. The quantitative estimate of drug-likeness (QED) is 0.794. The highest BCUT2D eigenvalue weighted by molar-refractivity contribution is 5.84. The number of aliphatic carboxylic acids is 1. The van der Waals surface area contributed by atoms with Gasteiger partial charge in [0.1, 0.15) is 0 Å². The van der Waals surface area contributed by atoms with E-state index in [1.165, 1.54) is 0 Å². The van der Waals surface area contributed by atoms with Crippen molar-refractivity contribution < 1.29 is 14.7 Å². The van der Waals surface area contributed by atoms with E-state index in [1.54, 1.807) is 25.8 Å². The van der Waals surface area contributed by atoms with Crippen LogP contribution in [-0.4, -0.2) is 60.5 Å². The zero-order valence-corrected chi connectivity index (χ0v) is 11.8. The van der Waals surface area contributed by atoms with Crippen molar-refractivity contribution in [3.8, 4) is 0 Å². The van der Waals surface area contributed by atoms with Gasteiger partial charge in [0.15, 0.2) is 0 Å². The summed E-state index contributed by atoms with van der Waals surface area (Å²) in [6, 6.07) is 0. The van der Waals surface area contributed by atoms with Gasteiger partial charge in [0, 0.05) is 26.6 Å². The minimum atomic E-state index is -0.988. The van der Waals surface area contributed by atoms with E-state index < -0.39 is 11.4 Å². The second-order valence-electron chi connectivity index (χ2n) is 6.06. The van der Waals surface area contributed by atoms with Crippen molar-refractivity contribution in [3.63, 3.8) is 0 Å². The zero-order chi connectivity index (χ0) is 13.9. The van der Waals surface area contributed by atoms with Crippen molar-refractivity contribution >= 4 is 11.9 Å². The Bertz CT molecular complexity index is 328. The number of hydrogen-bond donors (Lipinski definition) is 1. The lowest BCUT2D eigenvalue weighted by atomic mass is 9.89. The van der Waals surface area contributed by atoms with Gasteiger partial charge >= 0.3 is 5.97 Å². The Labute approximate surface area is 109 Å². The zero-order valence-electron chi connectivity index (χ0n) is 11.8. The van der Waals surface area contributed by atoms with E-state index in [4.69, 9.17) is 5.11 Å². The van der Waals surface area contributed by atoms with E-state index in [0.717, 1.165) is 26.1 Å². The first-order valence-corrected chi connectivity index (χ1v) is 6.38. The van der Waals surface area contributed by atoms with Crippen LogP contribution in [0.2, 0.25) is 0 Å². The topological polar surface area (TPSA) is 60.9 Å². The highest BCUT2D eigenvalue weighted by atomic mass is 16.4. The van der Waals surface area contributed by atoms with Crippen LogP contribution in [0.3, 0.4) is 0 Å². The molecule has 1 amide bonds. The summed E-state index contributed by atoms with van der Waals surface area (Å²) in [5.41, 5.74) is -0.988. The van der Waals surface area contributed by atoms with Crippen molar-refractivity contribution in [2.24, 2.45) is 11.3 Å². The number of carbonyl (C=O) groups excluding carboxylic acids is 1. The molecule has 1 aliphatic rings. The van der Waals surface area contributed by atoms with Crippen molar-refractivity contribution in [1.82, 2.24) is 9.80 Å². The summed E-state index contributed by atoms with van der Waals surface area (Å²) in [6.07, 6.45) is 1.16. The molecule has 5 heteroatoms. The van der Waals surface area contributed by atoms with Gasteiger partial charge in [-0.15, -0.1) is 0 Å². The highest BCUT2D eigenvalue weighted by Gasteiger charge is 2.32. The molecule has 18 heavy (non-hydrogen) atoms. The van der Waals surface area contributed by atoms with Crippen molar-refractivity contribution in [2.75, 3.05) is 33.7 Å². The normalized spacial score (nSPS) is 21.0. The Kier molecular flexibility index (Phi) is 4.73. The average Bonchev–Trinajstić information content (AvgIpc) is 2.63. The van der Waals surface area contributed by atoms with Crippen molar-refractivity contribution in [3.05, 3.63) is 0 Å². The van der Waals surface area contributed by atoms with Crippen LogP contribution >= 0.6 is 0 Å². The molecule has 0 aromatic rings. The minimum absolute atomic E-state index is 0.0569. The van der Waals surface area contributed by atoms with E-state index >= 15 is 0 Å². The molecule has 1 unspecified atom stereocenters. The van der Waals surface area contributed by atoms with Crippen LogP contribution in [0.15, 0.2) is 0 Å². The van der Waals surface area contributed by atoms with Crippen LogP contribution in [0.5, 0.6) is 0 Å². The van der Waals surface area contributed by atoms with Crippen LogP contribution in [0.4, 0.5) is 0 Å². The van der Waals surface area contributed by atoms with Crippen LogP contribution in [0, 0.1) is 11.3 Å². The number of carbonyl (C=O) groups is 2. The summed E-state index contributed by atoms with van der Waals surface area (Å²) in [5.74, 6) is -0.501. The molecular weight excluding hydrogens is 232 g/mol. The van der Waals surface area contributed by atoms with Gasteiger partial charge in [-0.2, -0.15) is 0 Å². The monoisotopic (exact) mass is 256 g/mol. The van der Waals surface area contributed by atoms with Crippen LogP contribution in [-0.2, 0) is 9.59 Å². The van der Waals surface area contributed by atoms with Gasteiger partial charge in [-0.05, 0) is 39.8 Å². The first-order chi connectivity index (χ1) is 8.22. The molecule has 0 aromatic carbocycles. The number of hydrogen-bond acceptors (Lipinski definition) is 3. The van der Waals surface area contributed by atoms with Crippen molar-refractivity contribution in [1.29, 1.82) is 0 Å². The Morgan fingerprint density at radius 2 is 2.06 bits per heavy atom. The molecule has 5 nitrogen and oxygen atoms in total. The third kappa shape index (κ3) is 3.98. The number of carboxylic acid groups (broad SMARTS) is 1. The smallest absolute Gasteiger partial charge is 0.309 e. The van der Waals surface area contributed by atoms with Crippen LogP contribution in [0.25, 0.3) is 0 Å². The highest BCUT2D eigenvalue weighted by Crippen LogP contribution is 2.22. The lowest BCUT2D eigenvalue weighted by Crippen LogP contribution is -2.37. The van der Waals surface area contributed by atoms with Gasteiger partial charge in [-0.1, -0.05) is 0 Å². The lowest BCUT2D eigenvalue weighted by Gasteiger charge is -2.25. The van der Waals surface area contributed by atoms with Crippen LogP contribution in [0.1, 0.15) is 26.7 Å². The Hall–Kier alpha value is -1.10. The summed E-state index contributed by atoms with van der Waals surface area (Å²) in [7, 11) is 3.84. The minimum Gasteiger partial charge on any atom is -0.481 e. The van der Waals surface area contributed by atoms with Gasteiger partial charge in [0.2, 0.25) is 5.91 Å². The predicted molar refractivity (Wildman–Crippen MR) is 69.3 cm³/mol. The molecule has 1 fully saturated rings. The van der Waals surface area contributed by atoms with Gasteiger partial charge in [-0.3, -0.25) is 9.59 Å². The molecule has 1 atom stereocenters. The van der Waals surface area contributed by atoms with Gasteiger partial charge in [0.05, 0.1) is 5.41 Å². The van der Waals surface area contributed by atoms with E-state index in [-0.39, 0.29) is 12.3 Å². The first-order valence-electron chi connectivity index (χ1n) is 6.38. The number of carboxylic acids is 1. The maximum Gasteiger partial charge on any atom is 0.309 e. The second-order valence-corrected chi connectivity index (χ2v) is 6.06. The third-order valence-corrected chi connectivity index (χ3v) is 3.62. The Morgan fingerprint density at radius 3 is 2.50 bits per heavy atom. The van der Waals surface area contributed by atoms with Gasteiger partial charge < -0.3 is 14.9 Å². The Balaban J connectivity index is 2.44. The van der Waals surface area contributed by atoms with Gasteiger partial charge in [-0.25, -0.2) is 0 Å². The van der Waals surface area contributed by atoms with Gasteiger partial charge in [0.25, 0.3) is 0 Å². The van der Waals surface area contributed by atoms with E-state index in [9.17, 15) is 9.59 Å². The SMILES string of the molecule is CN1CCC(CN(C)C(=O)CC(C)(C)C(=O)O)C1. The predicted octanol–water partition coefficient (Wildman–Crippen LogP) is 0.897. The fraction of sp³-hybridized carbons (Fsp3) is 0.846. The second kappa shape index (κ2) is 5.69. The third-order valence-electron chi connectivity index (χ3n) is 3.62. The largest absolute Gasteiger partial charge is 0.481 e. The summed E-state index contributed by atoms with van der Waals surface area (Å²) in [6.45, 7) is 5.99. The maximum atomic E-state index is 12.0. The fourth-order valence-corrected chi connectivity index (χ4v) is 2.25. The number of rotatable bonds is 5. The molecule has 0 aliphatic carbocycles. The molecule has 0 bridgehead atoms. The molecule has 1 heterocycles. The molecule has 0 aromatic heterocycles. The van der Waals surface area contributed by atoms with E-state index in [0.29, 0.717) is 5.92 Å². The first kappa shape index (κ1) is 15.0. The number of likely N-dealkylation sites (tertiary alicyclic amines) is 1. The molecule has 1 aliphatic heterocycles. The Morgan fingerprint density at radius 1 is 1.44 bits per heavy atom. The number of amides is 1. The van der Waals surface area contributed by atoms with Crippen LogP contribution < -0.4 is 0 Å². The van der Waals surface area contributed by atoms with Crippen molar-refractivity contribution in [2.45, 2.75) is 26.7 Å². The molecular formula is C13H24N2O3. The summed E-state index contributed by atoms with van der Waals surface area (Å²) >= 11 is 0. The average molecular weight is 256 g/mol.